The van der Waals surface area contributed by atoms with Gasteiger partial charge in [-0.25, -0.2) is 0 Å². The van der Waals surface area contributed by atoms with Crippen LogP contribution in [-0.2, 0) is 10.8 Å². The van der Waals surface area contributed by atoms with Gasteiger partial charge in [-0.3, -0.25) is 0 Å². The largest absolute Gasteiger partial charge is 0.494 e. The Bertz CT molecular complexity index is 4880. The molecule has 1 heterocycles. The molecular formula is C110H128N4O2. The Morgan fingerprint density at radius 1 is 0.241 bits per heavy atom. The summed E-state index contributed by atoms with van der Waals surface area (Å²) in [5, 5.41) is 9.84. The Kier molecular flexibility index (Phi) is 29.6. The van der Waals surface area contributed by atoms with Crippen molar-refractivity contribution in [3.63, 3.8) is 0 Å². The third-order valence-electron chi connectivity index (χ3n) is 25.4. The molecule has 0 amide bonds. The Morgan fingerprint density at radius 3 is 0.914 bits per heavy atom. The average Bonchev–Trinajstić information content (AvgIpc) is 1.56. The molecule has 0 saturated heterocycles. The zero-order valence-electron chi connectivity index (χ0n) is 70.7. The van der Waals surface area contributed by atoms with Crippen molar-refractivity contribution >= 4 is 34.1 Å². The first-order valence-corrected chi connectivity index (χ1v) is 45.6. The minimum Gasteiger partial charge on any atom is -0.494 e. The molecule has 0 atom stereocenters. The Balaban J connectivity index is 0.898. The molecule has 116 heavy (non-hydrogen) atoms. The van der Waals surface area contributed by atoms with Crippen LogP contribution in [0.25, 0.3) is 78.5 Å². The number of hydrogen-bond donors (Lipinski definition) is 0. The van der Waals surface area contributed by atoms with Gasteiger partial charge in [0, 0.05) is 56.1 Å². The SMILES string of the molecule is CCCCCCCCOc1ccc(-c2nnc(-c3cc(-c4ccc5c(c4)C(CCCCCCCC)(CCCCCCCC)c4cc(-c6ccc(N(c7ccccc7)c7ccccc7)cc6)ccc4-5)cc(-c4ccc5c(c4)C(CCCCCCCC)(CCCCCCCC)c4cc(N(c6ccccc6)c6ccccc6)ccc4-5)c3)o2)cc1. The normalized spacial score (nSPS) is 12.8. The molecule has 0 radical (unpaired) electrons. The Labute approximate surface area is 696 Å². The number of hydrogen-bond acceptors (Lipinski definition) is 6. The minimum atomic E-state index is -0.207. The first-order valence-electron chi connectivity index (χ1n) is 45.6. The van der Waals surface area contributed by atoms with Crippen molar-refractivity contribution in [2.24, 2.45) is 0 Å². The second kappa shape index (κ2) is 41.7. The van der Waals surface area contributed by atoms with Crippen LogP contribution < -0.4 is 14.5 Å². The number of benzene rings is 11. The maximum absolute atomic E-state index is 6.97. The Hall–Kier alpha value is -10.0. The highest BCUT2D eigenvalue weighted by molar-refractivity contribution is 5.91. The van der Waals surface area contributed by atoms with Crippen LogP contribution in [0.1, 0.15) is 275 Å². The lowest BCUT2D eigenvalue weighted by atomic mass is 9.70. The molecule has 0 N–H and O–H groups in total. The lowest BCUT2D eigenvalue weighted by molar-refractivity contribution is 0.304. The Morgan fingerprint density at radius 2 is 0.526 bits per heavy atom. The number of ether oxygens (including phenoxy) is 1. The van der Waals surface area contributed by atoms with Gasteiger partial charge in [0.15, 0.2) is 0 Å². The van der Waals surface area contributed by atoms with Crippen molar-refractivity contribution in [2.45, 2.75) is 264 Å². The molecular weight excluding hydrogens is 1410 g/mol. The van der Waals surface area contributed by atoms with Gasteiger partial charge in [0.25, 0.3) is 0 Å². The van der Waals surface area contributed by atoms with Crippen molar-refractivity contribution < 1.29 is 9.15 Å². The summed E-state index contributed by atoms with van der Waals surface area (Å²) in [6, 6.07) is 98.5. The van der Waals surface area contributed by atoms with E-state index in [9.17, 15) is 0 Å². The zero-order chi connectivity index (χ0) is 79.6. The van der Waals surface area contributed by atoms with Crippen LogP contribution in [0, 0.1) is 0 Å². The second-order valence-corrected chi connectivity index (χ2v) is 33.7. The molecule has 11 aromatic carbocycles. The van der Waals surface area contributed by atoms with E-state index in [0.29, 0.717) is 18.4 Å². The highest BCUT2D eigenvalue weighted by atomic mass is 16.5. The maximum Gasteiger partial charge on any atom is 0.248 e. The highest BCUT2D eigenvalue weighted by Crippen LogP contribution is 2.59. The monoisotopic (exact) mass is 1540 g/mol. The van der Waals surface area contributed by atoms with Crippen molar-refractivity contribution in [3.05, 3.63) is 283 Å². The maximum atomic E-state index is 6.97. The fourth-order valence-corrected chi connectivity index (χ4v) is 19.1. The fraction of sp³-hybridized carbons (Fsp3) is 0.382. The molecule has 6 nitrogen and oxygen atoms in total. The van der Waals surface area contributed by atoms with Crippen LogP contribution in [0.15, 0.2) is 265 Å². The number of para-hydroxylation sites is 4. The quantitative estimate of drug-likeness (QED) is 0.0354. The molecule has 2 aliphatic rings. The van der Waals surface area contributed by atoms with Crippen LogP contribution in [0.2, 0.25) is 0 Å². The topological polar surface area (TPSA) is 54.6 Å². The third-order valence-corrected chi connectivity index (χ3v) is 25.4. The molecule has 2 aliphatic carbocycles. The molecule has 12 aromatic rings. The predicted molar refractivity (Wildman–Crippen MR) is 494 cm³/mol. The number of anilines is 6. The molecule has 600 valence electrons. The van der Waals surface area contributed by atoms with E-state index >= 15 is 0 Å². The van der Waals surface area contributed by atoms with Gasteiger partial charge in [0.2, 0.25) is 11.8 Å². The zero-order valence-corrected chi connectivity index (χ0v) is 70.7. The summed E-state index contributed by atoms with van der Waals surface area (Å²) in [7, 11) is 0. The van der Waals surface area contributed by atoms with Gasteiger partial charge in [0.05, 0.1) is 6.61 Å². The van der Waals surface area contributed by atoms with Crippen LogP contribution >= 0.6 is 0 Å². The highest BCUT2D eigenvalue weighted by Gasteiger charge is 2.45. The van der Waals surface area contributed by atoms with Gasteiger partial charge < -0.3 is 19.0 Å². The van der Waals surface area contributed by atoms with Gasteiger partial charge in [-0.1, -0.05) is 348 Å². The lowest BCUT2D eigenvalue weighted by Crippen LogP contribution is -2.26. The van der Waals surface area contributed by atoms with Crippen molar-refractivity contribution in [1.29, 1.82) is 0 Å². The average molecular weight is 1540 g/mol. The second-order valence-electron chi connectivity index (χ2n) is 33.7. The summed E-state index contributed by atoms with van der Waals surface area (Å²) >= 11 is 0. The first kappa shape index (κ1) is 82.5. The van der Waals surface area contributed by atoms with E-state index in [2.05, 4.69) is 305 Å². The standard InChI is InChI=1S/C110H128N4O2/c1-6-11-16-21-26-43-72-109(73-44-27-22-17-12-7-2)103-80-86(84-56-63-96(64-57-84)113(92-48-35-31-36-49-92)93-50-37-32-38-51-93)60-68-99(103)100-69-61-87(81-104(100)109)89-77-90(79-91(78-89)108-112-111-107(116-108)85-58-66-98(67-59-85)115-76-47-30-25-20-15-10-5)88-62-70-101-102-71-65-97(114(94-52-39-33-40-53-94)95-54-41-34-42-55-95)83-106(102)110(105(101)82-88,74-45-28-23-18-13-8-3)75-46-29-24-19-14-9-4/h31-42,48-71,77-83H,6-30,43-47,72-76H2,1-5H3. The molecule has 1 aromatic heterocycles. The van der Waals surface area contributed by atoms with E-state index in [0.717, 1.165) is 88.5 Å². The van der Waals surface area contributed by atoms with Gasteiger partial charge in [0.1, 0.15) is 5.75 Å². The van der Waals surface area contributed by atoms with Crippen LogP contribution in [0.4, 0.5) is 34.1 Å². The van der Waals surface area contributed by atoms with Gasteiger partial charge in [-0.15, -0.1) is 10.2 Å². The molecule has 0 unspecified atom stereocenters. The molecule has 14 rings (SSSR count). The van der Waals surface area contributed by atoms with Gasteiger partial charge >= 0.3 is 0 Å². The molecule has 0 bridgehead atoms. The summed E-state index contributed by atoms with van der Waals surface area (Å²) in [6.07, 6.45) is 41.9. The van der Waals surface area contributed by atoms with E-state index in [1.165, 1.54) is 259 Å². The molecule has 0 spiro atoms. The van der Waals surface area contributed by atoms with E-state index < -0.39 is 0 Å². The molecule has 0 fully saturated rings. The number of rotatable bonds is 47. The third kappa shape index (κ3) is 19.8. The molecule has 0 aliphatic heterocycles. The minimum absolute atomic E-state index is 0.191. The summed E-state index contributed by atoms with van der Waals surface area (Å²) in [6.45, 7) is 12.3. The molecule has 0 saturated carbocycles. The fourth-order valence-electron chi connectivity index (χ4n) is 19.1. The smallest absolute Gasteiger partial charge is 0.248 e. The molecule has 6 heteroatoms. The van der Waals surface area contributed by atoms with Crippen molar-refractivity contribution in [3.8, 4) is 84.3 Å². The number of fused-ring (bicyclic) bond motifs is 6. The lowest BCUT2D eigenvalue weighted by Gasteiger charge is -2.34. The summed E-state index contributed by atoms with van der Waals surface area (Å²) in [4.78, 5) is 4.84. The van der Waals surface area contributed by atoms with E-state index in [1.807, 2.05) is 0 Å². The summed E-state index contributed by atoms with van der Waals surface area (Å²) in [5.41, 5.74) is 27.0. The first-order chi connectivity index (χ1) is 57.3. The summed E-state index contributed by atoms with van der Waals surface area (Å²) in [5.74, 6) is 1.87. The van der Waals surface area contributed by atoms with E-state index in [4.69, 9.17) is 19.4 Å². The van der Waals surface area contributed by atoms with Crippen molar-refractivity contribution in [2.75, 3.05) is 16.4 Å². The summed E-state index contributed by atoms with van der Waals surface area (Å²) < 4.78 is 13.3. The van der Waals surface area contributed by atoms with Gasteiger partial charge in [-0.05, 0) is 243 Å². The van der Waals surface area contributed by atoms with Crippen LogP contribution in [0.3, 0.4) is 0 Å². The van der Waals surface area contributed by atoms with Crippen LogP contribution in [-0.4, -0.2) is 16.8 Å². The number of aromatic nitrogens is 2. The number of unbranched alkanes of at least 4 members (excludes halogenated alkanes) is 25. The van der Waals surface area contributed by atoms with Crippen LogP contribution in [0.5, 0.6) is 5.75 Å². The van der Waals surface area contributed by atoms with Crippen molar-refractivity contribution in [1.82, 2.24) is 10.2 Å². The number of nitrogens with zero attached hydrogens (tertiary/aromatic N) is 4. The van der Waals surface area contributed by atoms with Gasteiger partial charge in [-0.2, -0.15) is 0 Å². The predicted octanol–water partition coefficient (Wildman–Crippen LogP) is 33.6. The van der Waals surface area contributed by atoms with E-state index in [-0.39, 0.29) is 10.8 Å². The van der Waals surface area contributed by atoms with E-state index in [1.54, 1.807) is 0 Å².